The monoisotopic (exact) mass is 297 g/mol. The molecule has 0 N–H and O–H groups in total. The average molecular weight is 297 g/mol. The van der Waals surface area contributed by atoms with Gasteiger partial charge in [0.25, 0.3) is 0 Å². The summed E-state index contributed by atoms with van der Waals surface area (Å²) in [5.74, 6) is 0.406. The Balaban J connectivity index is 1.75. The maximum Gasteiger partial charge on any atom is 0.414 e. The van der Waals surface area contributed by atoms with E-state index in [0.717, 1.165) is 23.2 Å². The maximum absolute atomic E-state index is 12.9. The molecule has 2 atom stereocenters. The fourth-order valence-electron chi connectivity index (χ4n) is 3.73. The molecule has 22 heavy (non-hydrogen) atoms. The third-order valence-electron chi connectivity index (χ3n) is 4.77. The first-order valence-corrected chi connectivity index (χ1v) is 7.69. The van der Waals surface area contributed by atoms with Crippen molar-refractivity contribution in [3.05, 3.63) is 41.1 Å². The minimum Gasteiger partial charge on any atom is -0.443 e. The summed E-state index contributed by atoms with van der Waals surface area (Å²) in [6.07, 6.45) is 2.50. The Bertz CT molecular complexity index is 728. The summed E-state index contributed by atoms with van der Waals surface area (Å²) >= 11 is 0. The Hall–Kier alpha value is -2.10. The first-order valence-electron chi connectivity index (χ1n) is 7.69. The second-order valence-corrected chi connectivity index (χ2v) is 7.41. The SMILES string of the molecule is CC(C)(C)OC(=O)N1C[C@@H]2C[C@@]23C(=O)c2ccccc2C=C13. The van der Waals surface area contributed by atoms with Crippen molar-refractivity contribution in [1.29, 1.82) is 0 Å². The van der Waals surface area contributed by atoms with Gasteiger partial charge in [-0.3, -0.25) is 9.69 Å². The smallest absolute Gasteiger partial charge is 0.414 e. The van der Waals surface area contributed by atoms with Gasteiger partial charge in [0.2, 0.25) is 0 Å². The highest BCUT2D eigenvalue weighted by Gasteiger charge is 2.70. The summed E-state index contributed by atoms with van der Waals surface area (Å²) in [4.78, 5) is 27.0. The molecule has 0 unspecified atom stereocenters. The Labute approximate surface area is 129 Å². The zero-order valence-corrected chi connectivity index (χ0v) is 13.1. The number of ether oxygens (including phenoxy) is 1. The van der Waals surface area contributed by atoms with Crippen molar-refractivity contribution in [2.45, 2.75) is 32.8 Å². The average Bonchev–Trinajstić information content (AvgIpc) is 3.06. The molecule has 2 aliphatic carbocycles. The van der Waals surface area contributed by atoms with E-state index < -0.39 is 11.0 Å². The maximum atomic E-state index is 12.9. The number of carbonyl (C=O) groups is 2. The van der Waals surface area contributed by atoms with Gasteiger partial charge >= 0.3 is 6.09 Å². The van der Waals surface area contributed by atoms with Gasteiger partial charge in [-0.15, -0.1) is 0 Å². The first-order chi connectivity index (χ1) is 10.3. The van der Waals surface area contributed by atoms with Crippen LogP contribution in [0.25, 0.3) is 6.08 Å². The molecule has 4 heteroatoms. The van der Waals surface area contributed by atoms with E-state index >= 15 is 0 Å². The number of hydrogen-bond donors (Lipinski definition) is 0. The summed E-state index contributed by atoms with van der Waals surface area (Å²) in [6.45, 7) is 6.15. The highest BCUT2D eigenvalue weighted by Crippen LogP contribution is 2.67. The highest BCUT2D eigenvalue weighted by molar-refractivity contribution is 6.11. The molecule has 2 fully saturated rings. The fourth-order valence-corrected chi connectivity index (χ4v) is 3.73. The minimum atomic E-state index is -0.534. The second-order valence-electron chi connectivity index (χ2n) is 7.41. The zero-order chi connectivity index (χ0) is 15.7. The lowest BCUT2D eigenvalue weighted by molar-refractivity contribution is 0.0322. The van der Waals surface area contributed by atoms with Crippen molar-refractivity contribution in [3.63, 3.8) is 0 Å². The van der Waals surface area contributed by atoms with Crippen LogP contribution in [-0.2, 0) is 4.74 Å². The van der Waals surface area contributed by atoms with Gasteiger partial charge in [0.05, 0.1) is 5.41 Å². The van der Waals surface area contributed by atoms with Crippen molar-refractivity contribution in [1.82, 2.24) is 4.90 Å². The fraction of sp³-hybridized carbons (Fsp3) is 0.444. The molecule has 1 amide bonds. The van der Waals surface area contributed by atoms with Crippen LogP contribution in [0, 0.1) is 11.3 Å². The van der Waals surface area contributed by atoms with Crippen molar-refractivity contribution in [2.75, 3.05) is 6.54 Å². The van der Waals surface area contributed by atoms with Crippen LogP contribution in [0.3, 0.4) is 0 Å². The standard InChI is InChI=1S/C18H19NO3/c1-17(2,3)22-16(21)19-10-12-9-18(12)14(19)8-11-6-4-5-7-13(11)15(18)20/h4-8,12H,9-10H2,1-3H3/t12-,18+/m0/s1. The van der Waals surface area contributed by atoms with Crippen molar-refractivity contribution < 1.29 is 14.3 Å². The van der Waals surface area contributed by atoms with Crippen LogP contribution in [0.5, 0.6) is 0 Å². The lowest BCUT2D eigenvalue weighted by Gasteiger charge is -2.30. The number of ketones is 1. The van der Waals surface area contributed by atoms with E-state index in [-0.39, 0.29) is 17.8 Å². The van der Waals surface area contributed by atoms with Crippen LogP contribution >= 0.6 is 0 Å². The van der Waals surface area contributed by atoms with Crippen LogP contribution in [0.4, 0.5) is 4.79 Å². The summed E-state index contributed by atoms with van der Waals surface area (Å²) < 4.78 is 5.49. The molecule has 1 spiro atoms. The topological polar surface area (TPSA) is 46.6 Å². The Morgan fingerprint density at radius 3 is 2.77 bits per heavy atom. The number of rotatable bonds is 0. The van der Waals surface area contributed by atoms with E-state index in [9.17, 15) is 9.59 Å². The van der Waals surface area contributed by atoms with Crippen LogP contribution in [-0.4, -0.2) is 28.9 Å². The summed E-state index contributed by atoms with van der Waals surface area (Å²) in [5.41, 5.74) is 1.50. The number of fused-ring (bicyclic) bond motifs is 1. The molecule has 4 rings (SSSR count). The lowest BCUT2D eigenvalue weighted by atomic mass is 9.83. The number of benzene rings is 1. The minimum absolute atomic E-state index is 0.164. The van der Waals surface area contributed by atoms with E-state index in [1.807, 2.05) is 51.1 Å². The number of nitrogens with zero attached hydrogens (tertiary/aromatic N) is 1. The normalized spacial score (nSPS) is 28.5. The Morgan fingerprint density at radius 1 is 1.32 bits per heavy atom. The number of carbonyl (C=O) groups excluding carboxylic acids is 2. The van der Waals surface area contributed by atoms with E-state index in [0.29, 0.717) is 6.54 Å². The van der Waals surface area contributed by atoms with Crippen molar-refractivity contribution in [3.8, 4) is 0 Å². The molecule has 3 aliphatic rings. The molecule has 1 saturated heterocycles. The summed E-state index contributed by atoms with van der Waals surface area (Å²) in [7, 11) is 0. The van der Waals surface area contributed by atoms with Gasteiger partial charge in [0.15, 0.2) is 5.78 Å². The molecular formula is C18H19NO3. The van der Waals surface area contributed by atoms with Gasteiger partial charge in [-0.2, -0.15) is 0 Å². The van der Waals surface area contributed by atoms with E-state index in [2.05, 4.69) is 0 Å². The number of Topliss-reactive ketones (excluding diaryl/α,β-unsaturated/α-hetero) is 1. The van der Waals surface area contributed by atoms with E-state index in [1.165, 1.54) is 0 Å². The van der Waals surface area contributed by atoms with Crippen LogP contribution in [0.15, 0.2) is 30.0 Å². The molecule has 1 aromatic carbocycles. The molecule has 0 radical (unpaired) electrons. The second kappa shape index (κ2) is 4.00. The quantitative estimate of drug-likeness (QED) is 0.736. The number of allylic oxidation sites excluding steroid dienone is 1. The molecule has 1 saturated carbocycles. The molecule has 114 valence electrons. The van der Waals surface area contributed by atoms with Gasteiger partial charge in [-0.05, 0) is 44.7 Å². The first kappa shape index (κ1) is 13.6. The van der Waals surface area contributed by atoms with Gasteiger partial charge in [-0.1, -0.05) is 24.3 Å². The molecule has 0 bridgehead atoms. The highest BCUT2D eigenvalue weighted by atomic mass is 16.6. The third-order valence-corrected chi connectivity index (χ3v) is 4.77. The molecule has 0 aromatic heterocycles. The molecule has 4 nitrogen and oxygen atoms in total. The molecular weight excluding hydrogens is 278 g/mol. The van der Waals surface area contributed by atoms with Crippen LogP contribution in [0.1, 0.15) is 43.1 Å². The molecule has 1 heterocycles. The number of hydrogen-bond acceptors (Lipinski definition) is 3. The van der Waals surface area contributed by atoms with Gasteiger partial charge in [-0.25, -0.2) is 4.79 Å². The molecule has 1 aliphatic heterocycles. The largest absolute Gasteiger partial charge is 0.443 e. The number of amides is 1. The Kier molecular flexibility index (Phi) is 2.47. The van der Waals surface area contributed by atoms with Crippen molar-refractivity contribution >= 4 is 18.0 Å². The van der Waals surface area contributed by atoms with Crippen LogP contribution < -0.4 is 0 Å². The van der Waals surface area contributed by atoms with E-state index in [4.69, 9.17) is 4.74 Å². The third kappa shape index (κ3) is 1.70. The summed E-state index contributed by atoms with van der Waals surface area (Å²) in [5, 5.41) is 0. The zero-order valence-electron chi connectivity index (χ0n) is 13.1. The van der Waals surface area contributed by atoms with E-state index in [1.54, 1.807) is 4.90 Å². The van der Waals surface area contributed by atoms with Gasteiger partial charge in [0, 0.05) is 17.8 Å². The predicted molar refractivity (Wildman–Crippen MR) is 82.2 cm³/mol. The van der Waals surface area contributed by atoms with Crippen molar-refractivity contribution in [2.24, 2.45) is 11.3 Å². The summed E-state index contributed by atoms with van der Waals surface area (Å²) in [6, 6.07) is 7.61. The molecule has 1 aromatic rings. The number of likely N-dealkylation sites (tertiary alicyclic amines) is 1. The lowest BCUT2D eigenvalue weighted by Crippen LogP contribution is -2.37. The predicted octanol–water partition coefficient (Wildman–Crippen LogP) is 3.48. The van der Waals surface area contributed by atoms with Gasteiger partial charge < -0.3 is 4.74 Å². The van der Waals surface area contributed by atoms with Gasteiger partial charge in [0.1, 0.15) is 5.60 Å². The Morgan fingerprint density at radius 2 is 2.05 bits per heavy atom. The van der Waals surface area contributed by atoms with Crippen LogP contribution in [0.2, 0.25) is 0 Å². The number of piperidine rings is 1.